The minimum absolute atomic E-state index is 0. The normalized spacial score (nSPS) is 12.2. The minimum Gasteiger partial charge on any atom is -0.520 e. The number of halogens is 1. The largest absolute Gasteiger partial charge is 0.520 e. The number of nitrogens with zero attached hydrogens (tertiary/aromatic N) is 5. The molecule has 4 aromatic rings. The smallest absolute Gasteiger partial charge is 0.302 e. The van der Waals surface area contributed by atoms with Gasteiger partial charge in [0.15, 0.2) is 0 Å². The molecule has 0 spiro atoms. The number of ether oxygens (including phenoxy) is 2. The van der Waals surface area contributed by atoms with Gasteiger partial charge < -0.3 is 44.2 Å². The summed E-state index contributed by atoms with van der Waals surface area (Å²) in [6.45, 7) is 24.4. The first-order valence-corrected chi connectivity index (χ1v) is 33.7. The summed E-state index contributed by atoms with van der Waals surface area (Å²) in [5, 5.41) is 10.7. The molecule has 25 heteroatoms. The van der Waals surface area contributed by atoms with Crippen LogP contribution in [0.1, 0.15) is 62.8 Å². The molecule has 0 aliphatic carbocycles. The van der Waals surface area contributed by atoms with E-state index in [1.165, 1.54) is 28.1 Å². The first-order valence-electron chi connectivity index (χ1n) is 27.2. The second-order valence-corrected chi connectivity index (χ2v) is 18.4. The van der Waals surface area contributed by atoms with Crippen molar-refractivity contribution < 1.29 is 109 Å². The molecule has 4 aromatic carbocycles. The Kier molecular flexibility index (Phi) is 119. The number of methoxy groups -OCH3 is 2. The number of amides is 3. The number of benzene rings is 4. The summed E-state index contributed by atoms with van der Waals surface area (Å²) in [6, 6.07) is 49.2. The van der Waals surface area contributed by atoms with Gasteiger partial charge in [0, 0.05) is 213 Å². The topological polar surface area (TPSA) is 169 Å². The molecule has 3 amide bonds. The summed E-state index contributed by atoms with van der Waals surface area (Å²) in [7, 11) is 16.7. The molecule has 8 rings (SSSR count). The predicted molar refractivity (Wildman–Crippen MR) is 380 cm³/mol. The monoisotopic (exact) mass is 1480 g/mol. The van der Waals surface area contributed by atoms with Gasteiger partial charge in [0.05, 0.1) is 14.2 Å². The molecule has 484 valence electrons. The second-order valence-electron chi connectivity index (χ2n) is 15.9. The maximum atomic E-state index is 11.0. The summed E-state index contributed by atoms with van der Waals surface area (Å²) >= 11 is 8.19. The Morgan fingerprint density at radius 1 is 0.483 bits per heavy atom. The van der Waals surface area contributed by atoms with Crippen LogP contribution in [-0.2, 0) is 104 Å². The van der Waals surface area contributed by atoms with Crippen LogP contribution in [0.5, 0.6) is 0 Å². The SMILES string of the molecule is C.CBr.CC.CC.CC(=O)N1CC(N2CCN([C-]=O)CC2)C1.CC(=O)O.COC(C)=O.COC(C)=O.CSC.CSC.CSC.O=[C-]N1CCN(C2CNC2)CC1.[B]B([B])[B].[Y].[Y].c1ccccc1.c1ccccc1.c1ccccc1.c1ccccc1. The van der Waals surface area contributed by atoms with E-state index in [4.69, 9.17) is 9.90 Å². The fraction of sp³-hybridized carbons (Fsp3) is 0.516. The number of hydrogen-bond acceptors (Lipinski definition) is 14. The number of carboxylic acid groups (broad SMARTS) is 1. The molecule has 0 saturated carbocycles. The van der Waals surface area contributed by atoms with Crippen LogP contribution >= 0.6 is 51.2 Å². The summed E-state index contributed by atoms with van der Waals surface area (Å²) < 4.78 is 8.22. The van der Waals surface area contributed by atoms with Crippen molar-refractivity contribution in [1.29, 1.82) is 0 Å². The maximum Gasteiger partial charge on any atom is 0.302 e. The molecule has 4 heterocycles. The average molecular weight is 1480 g/mol. The quantitative estimate of drug-likeness (QED) is 0.0857. The molecule has 4 fully saturated rings. The van der Waals surface area contributed by atoms with Crippen molar-refractivity contribution in [3.63, 3.8) is 0 Å². The van der Waals surface area contributed by atoms with Crippen molar-refractivity contribution >= 4 is 117 Å². The van der Waals surface area contributed by atoms with Gasteiger partial charge in [-0.3, -0.25) is 29.0 Å². The summed E-state index contributed by atoms with van der Waals surface area (Å²) in [6.07, 6.45) is 15.4. The molecule has 15 nitrogen and oxygen atoms in total. The minimum atomic E-state index is -0.833. The zero-order valence-corrected chi connectivity index (χ0v) is 64.7. The third-order valence-electron chi connectivity index (χ3n) is 9.23. The summed E-state index contributed by atoms with van der Waals surface area (Å²) in [5.41, 5.74) is 0. The van der Waals surface area contributed by atoms with Crippen LogP contribution in [-0.4, -0.2) is 244 Å². The van der Waals surface area contributed by atoms with Gasteiger partial charge in [-0.05, 0) is 43.4 Å². The van der Waals surface area contributed by atoms with E-state index >= 15 is 0 Å². The molecular formula is C62H107B4BrN6O9S3Y2-2. The number of carbonyl (C=O) groups is 4. The van der Waals surface area contributed by atoms with Crippen LogP contribution in [0, 0.1) is 0 Å². The van der Waals surface area contributed by atoms with Crippen molar-refractivity contribution in [2.45, 2.75) is 74.9 Å². The molecule has 0 bridgehead atoms. The number of rotatable bonds is 4. The van der Waals surface area contributed by atoms with E-state index in [-0.39, 0.29) is 90.7 Å². The number of hydrogen-bond donors (Lipinski definition) is 2. The third kappa shape index (κ3) is 97.4. The van der Waals surface area contributed by atoms with Gasteiger partial charge in [0.1, 0.15) is 0 Å². The van der Waals surface area contributed by atoms with Crippen molar-refractivity contribution in [2.24, 2.45) is 0 Å². The van der Waals surface area contributed by atoms with Crippen molar-refractivity contribution in [3.05, 3.63) is 146 Å². The van der Waals surface area contributed by atoms with Crippen molar-refractivity contribution in [3.8, 4) is 0 Å². The molecule has 8 radical (unpaired) electrons. The van der Waals surface area contributed by atoms with Crippen LogP contribution < -0.4 is 5.32 Å². The number of alkyl halides is 1. The van der Waals surface area contributed by atoms with E-state index in [1.807, 2.05) is 234 Å². The van der Waals surface area contributed by atoms with Crippen LogP contribution in [0.4, 0.5) is 0 Å². The number of carbonyl (C=O) groups excluding carboxylic acids is 5. The molecule has 4 aliphatic rings. The van der Waals surface area contributed by atoms with E-state index in [2.05, 4.69) is 63.7 Å². The average Bonchev–Trinajstić information content (AvgIpc) is 3.27. The fourth-order valence-electron chi connectivity index (χ4n) is 5.37. The van der Waals surface area contributed by atoms with Gasteiger partial charge in [-0.2, -0.15) is 48.1 Å². The Morgan fingerprint density at radius 3 is 0.759 bits per heavy atom. The zero-order chi connectivity index (χ0) is 66.0. The molecule has 0 aromatic heterocycles. The first kappa shape index (κ1) is 109. The van der Waals surface area contributed by atoms with Crippen LogP contribution in [0.3, 0.4) is 0 Å². The van der Waals surface area contributed by atoms with Crippen LogP contribution in [0.15, 0.2) is 146 Å². The summed E-state index contributed by atoms with van der Waals surface area (Å²) in [5.74, 6) is 0.647. The molecule has 4 saturated heterocycles. The van der Waals surface area contributed by atoms with Gasteiger partial charge in [0.25, 0.3) is 5.97 Å². The molecule has 2 N–H and O–H groups in total. The van der Waals surface area contributed by atoms with Crippen LogP contribution in [0.2, 0.25) is 0 Å². The van der Waals surface area contributed by atoms with E-state index in [0.29, 0.717) is 6.04 Å². The van der Waals surface area contributed by atoms with Gasteiger partial charge in [-0.1, -0.05) is 197 Å². The number of carboxylic acids is 1. The van der Waals surface area contributed by atoms with E-state index in [1.54, 1.807) is 52.0 Å². The number of nitrogens with one attached hydrogen (secondary N) is 1. The number of aliphatic carboxylic acids is 1. The van der Waals surface area contributed by atoms with Gasteiger partial charge >= 0.3 is 11.9 Å². The molecular weight excluding hydrogens is 1370 g/mol. The van der Waals surface area contributed by atoms with Crippen LogP contribution in [0.25, 0.3) is 0 Å². The van der Waals surface area contributed by atoms with Gasteiger partial charge in [-0.15, -0.1) is 0 Å². The van der Waals surface area contributed by atoms with Crippen molar-refractivity contribution in [2.75, 3.05) is 136 Å². The molecule has 0 unspecified atom stereocenters. The Labute approximate surface area is 606 Å². The maximum absolute atomic E-state index is 11.0. The number of piperazine rings is 2. The van der Waals surface area contributed by atoms with Crippen molar-refractivity contribution in [1.82, 2.24) is 29.8 Å². The second kappa shape index (κ2) is 94.7. The van der Waals surface area contributed by atoms with E-state index < -0.39 is 12.4 Å². The zero-order valence-electron chi connectivity index (χ0n) is 55.0. The predicted octanol–water partition coefficient (Wildman–Crippen LogP) is 9.85. The standard InChI is InChI=1S/C10H16N3O2.C8H14N3O.4C6H6.2C3H6O2.C2H4O2.3C2H6S.2C2H6.CH3Br.CH4.B4.2Y/c1-9(15)13-6-10(7-13)12-4-2-11(8-14)3-5-12;12-7-10-1-3-11(4-2-10)8-5-9-6-8;4*1-2-4-6-5-3-1;2*1-3(4)5-2;1-2(3)4;3*1-3-2;3*1-2;;1-4(2)3;;/h10H,2-7H2,1H3;8-9H,1-6H2;4*1-6H;2*1-2H3;1H3,(H,3,4);3*1-2H3;2*1-2H3;1H3;1H4;;;/q2*-1;;;;;;;;;;;;;;;;;. The third-order valence-corrected chi connectivity index (χ3v) is 9.23. The molecule has 87 heavy (non-hydrogen) atoms. The van der Waals surface area contributed by atoms with E-state index in [9.17, 15) is 24.0 Å². The molecule has 0 atom stereocenters. The number of esters is 2. The van der Waals surface area contributed by atoms with Gasteiger partial charge in [0.2, 0.25) is 5.91 Å². The fourth-order valence-corrected chi connectivity index (χ4v) is 5.37. The molecule has 4 aliphatic heterocycles. The Balaban J connectivity index is -0.0000000818. The Morgan fingerprint density at radius 2 is 0.644 bits per heavy atom. The van der Waals surface area contributed by atoms with E-state index in [0.717, 1.165) is 91.5 Å². The first-order chi connectivity index (χ1) is 40.3. The number of thioether (sulfide) groups is 3. The number of likely N-dealkylation sites (tertiary alicyclic amines) is 1. The summed E-state index contributed by atoms with van der Waals surface area (Å²) in [4.78, 5) is 69.9. The Bertz CT molecular complexity index is 1630. The Hall–Kier alpha value is -2.42. The van der Waals surface area contributed by atoms with Gasteiger partial charge in [-0.25, -0.2) is 0 Å².